The van der Waals surface area contributed by atoms with Crippen molar-refractivity contribution in [3.8, 4) is 11.4 Å². The fourth-order valence-corrected chi connectivity index (χ4v) is 2.83. The first-order chi connectivity index (χ1) is 10.6. The second kappa shape index (κ2) is 6.63. The molecule has 1 aromatic carbocycles. The third-order valence-corrected chi connectivity index (χ3v) is 4.16. The van der Waals surface area contributed by atoms with Crippen LogP contribution in [0.25, 0.3) is 11.4 Å². The lowest BCUT2D eigenvalue weighted by Crippen LogP contribution is -2.44. The second-order valence-electron chi connectivity index (χ2n) is 5.86. The number of hydrogen-bond donors (Lipinski definition) is 1. The minimum Gasteiger partial charge on any atom is -0.366 e. The van der Waals surface area contributed by atoms with Crippen LogP contribution in [-0.2, 0) is 0 Å². The smallest absolute Gasteiger partial charge is 0.159 e. The number of benzene rings is 1. The minimum atomic E-state index is 0.360. The van der Waals surface area contributed by atoms with Crippen molar-refractivity contribution < 1.29 is 0 Å². The van der Waals surface area contributed by atoms with Crippen LogP contribution < -0.4 is 10.2 Å². The van der Waals surface area contributed by atoms with Crippen LogP contribution in [0.5, 0.6) is 0 Å². The molecule has 1 N–H and O–H groups in total. The van der Waals surface area contributed by atoms with Crippen molar-refractivity contribution in [3.63, 3.8) is 0 Å². The quantitative estimate of drug-likeness (QED) is 0.943. The highest BCUT2D eigenvalue weighted by Gasteiger charge is 2.18. The third-order valence-electron chi connectivity index (χ3n) is 3.90. The number of nitrogens with one attached hydrogen (secondary N) is 1. The molecule has 1 saturated heterocycles. The Balaban J connectivity index is 1.97. The van der Waals surface area contributed by atoms with E-state index < -0.39 is 0 Å². The molecule has 2 heterocycles. The Bertz CT molecular complexity index is 634. The van der Waals surface area contributed by atoms with Crippen molar-refractivity contribution in [2.45, 2.75) is 19.8 Å². The molecule has 0 saturated carbocycles. The van der Waals surface area contributed by atoms with Crippen LogP contribution in [0.4, 0.5) is 5.69 Å². The van der Waals surface area contributed by atoms with E-state index in [2.05, 4.69) is 29.0 Å². The summed E-state index contributed by atoms with van der Waals surface area (Å²) in [7, 11) is 0. The molecule has 1 aromatic heterocycles. The van der Waals surface area contributed by atoms with Crippen LogP contribution in [0.15, 0.2) is 30.5 Å². The van der Waals surface area contributed by atoms with Gasteiger partial charge in [0.15, 0.2) is 5.82 Å². The monoisotopic (exact) mass is 316 g/mol. The zero-order valence-corrected chi connectivity index (χ0v) is 13.8. The molecule has 4 nitrogen and oxygen atoms in total. The van der Waals surface area contributed by atoms with E-state index in [4.69, 9.17) is 16.6 Å². The molecular weight excluding hydrogens is 296 g/mol. The predicted molar refractivity (Wildman–Crippen MR) is 91.6 cm³/mol. The van der Waals surface area contributed by atoms with Gasteiger partial charge in [-0.1, -0.05) is 25.4 Å². The zero-order chi connectivity index (χ0) is 15.5. The van der Waals surface area contributed by atoms with Gasteiger partial charge in [0, 0.05) is 36.8 Å². The maximum atomic E-state index is 5.95. The maximum absolute atomic E-state index is 5.95. The van der Waals surface area contributed by atoms with E-state index in [1.54, 1.807) is 0 Å². The van der Waals surface area contributed by atoms with Crippen molar-refractivity contribution in [1.82, 2.24) is 15.3 Å². The molecule has 1 fully saturated rings. The summed E-state index contributed by atoms with van der Waals surface area (Å²) in [6, 6.07) is 7.68. The molecule has 0 atom stereocenters. The second-order valence-corrected chi connectivity index (χ2v) is 6.30. The lowest BCUT2D eigenvalue weighted by molar-refractivity contribution is 0.584. The first kappa shape index (κ1) is 15.3. The van der Waals surface area contributed by atoms with Gasteiger partial charge in [0.05, 0.1) is 17.6 Å². The van der Waals surface area contributed by atoms with Gasteiger partial charge in [-0.05, 0) is 30.2 Å². The van der Waals surface area contributed by atoms with E-state index in [-0.39, 0.29) is 0 Å². The van der Waals surface area contributed by atoms with Gasteiger partial charge >= 0.3 is 0 Å². The Hall–Kier alpha value is -1.65. The van der Waals surface area contributed by atoms with Crippen molar-refractivity contribution in [2.24, 2.45) is 0 Å². The topological polar surface area (TPSA) is 41.1 Å². The standard InChI is InChI=1S/C17H21ClN4/c1-12(2)16-15(22-9-7-19-8-10-22)11-20-17(21-16)13-3-5-14(18)6-4-13/h3-6,11-12,19H,7-10H2,1-2H3. The molecule has 0 spiro atoms. The van der Waals surface area contributed by atoms with Gasteiger partial charge in [-0.3, -0.25) is 0 Å². The Morgan fingerprint density at radius 1 is 1.14 bits per heavy atom. The molecule has 1 aliphatic rings. The average molecular weight is 317 g/mol. The van der Waals surface area contributed by atoms with Gasteiger partial charge < -0.3 is 10.2 Å². The molecule has 1 aliphatic heterocycles. The molecule has 0 unspecified atom stereocenters. The first-order valence-corrected chi connectivity index (χ1v) is 8.11. The molecule has 0 aliphatic carbocycles. The van der Waals surface area contributed by atoms with Crippen molar-refractivity contribution >= 4 is 17.3 Å². The van der Waals surface area contributed by atoms with E-state index >= 15 is 0 Å². The minimum absolute atomic E-state index is 0.360. The summed E-state index contributed by atoms with van der Waals surface area (Å²) in [6.45, 7) is 8.39. The molecule has 2 aromatic rings. The van der Waals surface area contributed by atoms with Crippen LogP contribution in [0.3, 0.4) is 0 Å². The van der Waals surface area contributed by atoms with Gasteiger partial charge in [0.25, 0.3) is 0 Å². The molecule has 3 rings (SSSR count). The first-order valence-electron chi connectivity index (χ1n) is 7.73. The lowest BCUT2D eigenvalue weighted by Gasteiger charge is -2.31. The molecule has 0 bridgehead atoms. The van der Waals surface area contributed by atoms with Crippen molar-refractivity contribution in [3.05, 3.63) is 41.2 Å². The summed E-state index contributed by atoms with van der Waals surface area (Å²) in [4.78, 5) is 11.8. The average Bonchev–Trinajstić information content (AvgIpc) is 2.56. The summed E-state index contributed by atoms with van der Waals surface area (Å²) in [6.07, 6.45) is 1.97. The Labute approximate surface area is 136 Å². The van der Waals surface area contributed by atoms with Crippen molar-refractivity contribution in [2.75, 3.05) is 31.1 Å². The van der Waals surface area contributed by atoms with E-state index in [0.29, 0.717) is 5.92 Å². The number of anilines is 1. The molecule has 0 radical (unpaired) electrons. The molecule has 22 heavy (non-hydrogen) atoms. The van der Waals surface area contributed by atoms with Crippen molar-refractivity contribution in [1.29, 1.82) is 0 Å². The number of halogens is 1. The lowest BCUT2D eigenvalue weighted by atomic mass is 10.1. The Morgan fingerprint density at radius 3 is 2.45 bits per heavy atom. The largest absolute Gasteiger partial charge is 0.366 e. The number of hydrogen-bond acceptors (Lipinski definition) is 4. The van der Waals surface area contributed by atoms with E-state index in [1.807, 2.05) is 30.5 Å². The number of piperazine rings is 1. The van der Waals surface area contributed by atoms with Gasteiger partial charge in [-0.25, -0.2) is 9.97 Å². The fraction of sp³-hybridized carbons (Fsp3) is 0.412. The summed E-state index contributed by atoms with van der Waals surface area (Å²) in [5.74, 6) is 1.12. The van der Waals surface area contributed by atoms with Crippen LogP contribution in [0.1, 0.15) is 25.5 Å². The van der Waals surface area contributed by atoms with Crippen LogP contribution in [0, 0.1) is 0 Å². The van der Waals surface area contributed by atoms with E-state index in [0.717, 1.165) is 54.0 Å². The molecule has 116 valence electrons. The zero-order valence-electron chi connectivity index (χ0n) is 13.0. The molecule has 0 amide bonds. The number of nitrogens with zero attached hydrogens (tertiary/aromatic N) is 3. The highest BCUT2D eigenvalue weighted by atomic mass is 35.5. The number of aromatic nitrogens is 2. The molecular formula is C17H21ClN4. The Kier molecular flexibility index (Phi) is 4.60. The maximum Gasteiger partial charge on any atom is 0.159 e. The number of rotatable bonds is 3. The van der Waals surface area contributed by atoms with Gasteiger partial charge in [0.2, 0.25) is 0 Å². The molecule has 5 heteroatoms. The normalized spacial score (nSPS) is 15.4. The van der Waals surface area contributed by atoms with Crippen LogP contribution in [-0.4, -0.2) is 36.1 Å². The van der Waals surface area contributed by atoms with Crippen LogP contribution >= 0.6 is 11.6 Å². The SMILES string of the molecule is CC(C)c1nc(-c2ccc(Cl)cc2)ncc1N1CCNCC1. The van der Waals surface area contributed by atoms with Gasteiger partial charge in [-0.2, -0.15) is 0 Å². The highest BCUT2D eigenvalue weighted by Crippen LogP contribution is 2.28. The third kappa shape index (κ3) is 3.23. The van der Waals surface area contributed by atoms with Gasteiger partial charge in [-0.15, -0.1) is 0 Å². The summed E-state index contributed by atoms with van der Waals surface area (Å²) in [5, 5.41) is 4.11. The van der Waals surface area contributed by atoms with E-state index in [1.165, 1.54) is 0 Å². The Morgan fingerprint density at radius 2 is 1.82 bits per heavy atom. The highest BCUT2D eigenvalue weighted by molar-refractivity contribution is 6.30. The predicted octanol–water partition coefficient (Wildman–Crippen LogP) is 3.33. The van der Waals surface area contributed by atoms with E-state index in [9.17, 15) is 0 Å². The summed E-state index contributed by atoms with van der Waals surface area (Å²) < 4.78 is 0. The summed E-state index contributed by atoms with van der Waals surface area (Å²) in [5.41, 5.74) is 3.27. The fourth-order valence-electron chi connectivity index (χ4n) is 2.70. The summed E-state index contributed by atoms with van der Waals surface area (Å²) >= 11 is 5.95. The van der Waals surface area contributed by atoms with Gasteiger partial charge in [0.1, 0.15) is 0 Å². The van der Waals surface area contributed by atoms with Crippen LogP contribution in [0.2, 0.25) is 5.02 Å².